The smallest absolute Gasteiger partial charge is 0.313 e. The summed E-state index contributed by atoms with van der Waals surface area (Å²) in [6.07, 6.45) is 1.78. The molecule has 2 rings (SSSR count). The van der Waals surface area contributed by atoms with Gasteiger partial charge in [0.25, 0.3) is 0 Å². The van der Waals surface area contributed by atoms with Gasteiger partial charge in [0, 0.05) is 19.3 Å². The molecular weight excluding hydrogens is 256 g/mol. The van der Waals surface area contributed by atoms with Crippen molar-refractivity contribution in [2.75, 3.05) is 27.2 Å². The van der Waals surface area contributed by atoms with Crippen LogP contribution in [0.25, 0.3) is 5.70 Å². The van der Waals surface area contributed by atoms with E-state index in [4.69, 9.17) is 4.74 Å². The molecule has 5 nitrogen and oxygen atoms in total. The lowest BCUT2D eigenvalue weighted by atomic mass is 10.0. The number of methoxy groups -OCH3 is 1. The lowest BCUT2D eigenvalue weighted by Gasteiger charge is -2.26. The largest absolute Gasteiger partial charge is 0.469 e. The van der Waals surface area contributed by atoms with Crippen molar-refractivity contribution >= 4 is 17.6 Å². The van der Waals surface area contributed by atoms with Crippen molar-refractivity contribution in [3.63, 3.8) is 0 Å². The average molecular weight is 274 g/mol. The Kier molecular flexibility index (Phi) is 4.53. The number of nitrogens with one attached hydrogen (secondary N) is 1. The van der Waals surface area contributed by atoms with Crippen molar-refractivity contribution in [2.24, 2.45) is 5.92 Å². The third-order valence-electron chi connectivity index (χ3n) is 3.31. The monoisotopic (exact) mass is 274 g/mol. The van der Waals surface area contributed by atoms with Crippen molar-refractivity contribution in [2.45, 2.75) is 0 Å². The summed E-state index contributed by atoms with van der Waals surface area (Å²) in [5, 5.41) is 2.97. The molecule has 0 aliphatic carbocycles. The number of benzene rings is 1. The molecule has 1 aromatic carbocycles. The number of carbonyl (C=O) groups is 2. The zero-order chi connectivity index (χ0) is 14.5. The van der Waals surface area contributed by atoms with Gasteiger partial charge in [0.2, 0.25) is 5.91 Å². The molecule has 106 valence electrons. The molecule has 0 aromatic heterocycles. The van der Waals surface area contributed by atoms with Gasteiger partial charge < -0.3 is 15.0 Å². The Labute approximate surface area is 118 Å². The summed E-state index contributed by atoms with van der Waals surface area (Å²) >= 11 is 0. The second-order valence-electron chi connectivity index (χ2n) is 4.63. The molecule has 0 saturated heterocycles. The lowest BCUT2D eigenvalue weighted by molar-refractivity contribution is -0.144. The molecule has 5 heteroatoms. The van der Waals surface area contributed by atoms with Crippen LogP contribution < -0.4 is 5.32 Å². The molecule has 1 amide bonds. The molecule has 0 spiro atoms. The van der Waals surface area contributed by atoms with Gasteiger partial charge in [-0.15, -0.1) is 0 Å². The van der Waals surface area contributed by atoms with E-state index < -0.39 is 5.92 Å². The molecule has 1 N–H and O–H groups in total. The first-order chi connectivity index (χ1) is 9.63. The highest BCUT2D eigenvalue weighted by molar-refractivity contribution is 5.90. The number of hydrogen-bond acceptors (Lipinski definition) is 4. The van der Waals surface area contributed by atoms with Crippen molar-refractivity contribution < 1.29 is 14.3 Å². The Balaban J connectivity index is 2.43. The highest BCUT2D eigenvalue weighted by Crippen LogP contribution is 2.21. The number of nitrogens with zero attached hydrogens (tertiary/aromatic N) is 1. The molecule has 1 aliphatic heterocycles. The van der Waals surface area contributed by atoms with Crippen LogP contribution in [0.2, 0.25) is 0 Å². The second-order valence-corrected chi connectivity index (χ2v) is 4.63. The third-order valence-corrected chi connectivity index (χ3v) is 3.31. The maximum atomic E-state index is 12.0. The van der Waals surface area contributed by atoms with Crippen LogP contribution in [-0.4, -0.2) is 44.0 Å². The summed E-state index contributed by atoms with van der Waals surface area (Å²) in [5.74, 6) is -0.761. The summed E-state index contributed by atoms with van der Waals surface area (Å²) in [7, 11) is 3.08. The summed E-state index contributed by atoms with van der Waals surface area (Å²) in [5.41, 5.74) is 1.63. The first kappa shape index (κ1) is 14.3. The van der Waals surface area contributed by atoms with E-state index in [1.54, 1.807) is 18.0 Å². The Bertz CT molecular complexity index is 525. The van der Waals surface area contributed by atoms with E-state index in [2.05, 4.69) is 5.32 Å². The van der Waals surface area contributed by atoms with Crippen LogP contribution in [0.3, 0.4) is 0 Å². The molecule has 20 heavy (non-hydrogen) atoms. The van der Waals surface area contributed by atoms with Gasteiger partial charge >= 0.3 is 5.97 Å². The average Bonchev–Trinajstić information content (AvgIpc) is 2.48. The Morgan fingerprint density at radius 2 is 2.05 bits per heavy atom. The molecule has 0 fully saturated rings. The van der Waals surface area contributed by atoms with Crippen molar-refractivity contribution in [1.82, 2.24) is 10.2 Å². The minimum atomic E-state index is -0.411. The summed E-state index contributed by atoms with van der Waals surface area (Å²) in [6, 6.07) is 9.55. The number of amides is 1. The van der Waals surface area contributed by atoms with Crippen LogP contribution >= 0.6 is 0 Å². The van der Waals surface area contributed by atoms with E-state index in [0.29, 0.717) is 6.54 Å². The highest BCUT2D eigenvalue weighted by Gasteiger charge is 2.24. The minimum Gasteiger partial charge on any atom is -0.469 e. The van der Waals surface area contributed by atoms with Crippen LogP contribution in [0.5, 0.6) is 0 Å². The lowest BCUT2D eigenvalue weighted by Crippen LogP contribution is -2.40. The van der Waals surface area contributed by atoms with Crippen LogP contribution in [0.4, 0.5) is 0 Å². The van der Waals surface area contributed by atoms with Crippen LogP contribution in [0, 0.1) is 5.92 Å². The fraction of sp³-hybridized carbons (Fsp3) is 0.333. The fourth-order valence-corrected chi connectivity index (χ4v) is 2.15. The maximum absolute atomic E-state index is 12.0. The van der Waals surface area contributed by atoms with Gasteiger partial charge in [-0.3, -0.25) is 9.59 Å². The normalized spacial score (nSPS) is 22.5. The van der Waals surface area contributed by atoms with E-state index in [1.165, 1.54) is 7.11 Å². The van der Waals surface area contributed by atoms with Crippen molar-refractivity contribution in [3.05, 3.63) is 42.0 Å². The maximum Gasteiger partial charge on any atom is 0.313 e. The SMILES string of the molecule is COC(=O)C1/C=C(/c2ccccc2)N(C)C(=O)CNC1. The standard InChI is InChI=1S/C15H18N2O3/c1-17-13(11-6-4-3-5-7-11)8-12(15(19)20-2)9-16-10-14(17)18/h3-8,12,16H,9-10H2,1-2H3/b13-8-. The summed E-state index contributed by atoms with van der Waals surface area (Å²) in [4.78, 5) is 25.4. The quantitative estimate of drug-likeness (QED) is 0.813. The molecule has 0 radical (unpaired) electrons. The second kappa shape index (κ2) is 6.34. The van der Waals surface area contributed by atoms with E-state index in [9.17, 15) is 9.59 Å². The highest BCUT2D eigenvalue weighted by atomic mass is 16.5. The number of hydrogen-bond donors (Lipinski definition) is 1. The van der Waals surface area contributed by atoms with Gasteiger partial charge in [0.05, 0.1) is 19.6 Å². The molecular formula is C15H18N2O3. The van der Waals surface area contributed by atoms with Crippen LogP contribution in [-0.2, 0) is 14.3 Å². The number of likely N-dealkylation sites (N-methyl/N-ethyl adjacent to an activating group) is 1. The van der Waals surface area contributed by atoms with Gasteiger partial charge in [-0.25, -0.2) is 0 Å². The zero-order valence-electron chi connectivity index (χ0n) is 11.6. The van der Waals surface area contributed by atoms with E-state index in [1.807, 2.05) is 30.3 Å². The van der Waals surface area contributed by atoms with Crippen molar-refractivity contribution in [1.29, 1.82) is 0 Å². The molecule has 1 atom stereocenters. The number of esters is 1. The Hall–Kier alpha value is -2.14. The third kappa shape index (κ3) is 3.05. The van der Waals surface area contributed by atoms with Crippen molar-refractivity contribution in [3.8, 4) is 0 Å². The fourth-order valence-electron chi connectivity index (χ4n) is 2.15. The molecule has 0 bridgehead atoms. The van der Waals surface area contributed by atoms with E-state index >= 15 is 0 Å². The predicted octanol–water partition coefficient (Wildman–Crippen LogP) is 0.878. The van der Waals surface area contributed by atoms with E-state index in [-0.39, 0.29) is 18.4 Å². The van der Waals surface area contributed by atoms with Gasteiger partial charge in [0.1, 0.15) is 0 Å². The Morgan fingerprint density at radius 1 is 1.35 bits per heavy atom. The number of carbonyl (C=O) groups excluding carboxylic acids is 2. The van der Waals surface area contributed by atoms with Gasteiger partial charge in [0.15, 0.2) is 0 Å². The molecule has 0 saturated carbocycles. The number of ether oxygens (including phenoxy) is 1. The van der Waals surface area contributed by atoms with Crippen LogP contribution in [0.1, 0.15) is 5.56 Å². The molecule has 1 aliphatic rings. The van der Waals surface area contributed by atoms with Crippen LogP contribution in [0.15, 0.2) is 36.4 Å². The molecule has 1 unspecified atom stereocenters. The zero-order valence-corrected chi connectivity index (χ0v) is 11.6. The van der Waals surface area contributed by atoms with Gasteiger partial charge in [-0.2, -0.15) is 0 Å². The van der Waals surface area contributed by atoms with E-state index in [0.717, 1.165) is 11.3 Å². The van der Waals surface area contributed by atoms with Gasteiger partial charge in [-0.05, 0) is 11.6 Å². The summed E-state index contributed by atoms with van der Waals surface area (Å²) in [6.45, 7) is 0.594. The minimum absolute atomic E-state index is 0.0385. The van der Waals surface area contributed by atoms with Gasteiger partial charge in [-0.1, -0.05) is 30.3 Å². The first-order valence-corrected chi connectivity index (χ1v) is 6.46. The summed E-state index contributed by atoms with van der Waals surface area (Å²) < 4.78 is 4.81. The Morgan fingerprint density at radius 3 is 2.70 bits per heavy atom. The predicted molar refractivity (Wildman–Crippen MR) is 75.6 cm³/mol. The molecule has 1 heterocycles. The topological polar surface area (TPSA) is 58.6 Å². The first-order valence-electron chi connectivity index (χ1n) is 6.46. The number of rotatable bonds is 2. The molecule has 1 aromatic rings.